The first-order chi connectivity index (χ1) is 13.1. The van der Waals surface area contributed by atoms with Gasteiger partial charge >= 0.3 is 6.03 Å². The molecule has 0 spiro atoms. The highest BCUT2D eigenvalue weighted by molar-refractivity contribution is 7.14. The summed E-state index contributed by atoms with van der Waals surface area (Å²) in [4.78, 5) is 13.9. The number of halogens is 1. The van der Waals surface area contributed by atoms with Crippen molar-refractivity contribution in [2.45, 2.75) is 39.2 Å². The third-order valence-electron chi connectivity index (χ3n) is 4.90. The Morgan fingerprint density at radius 2 is 2.00 bits per heavy atom. The van der Waals surface area contributed by atoms with Gasteiger partial charge in [-0.3, -0.25) is 0 Å². The van der Waals surface area contributed by atoms with E-state index in [-0.39, 0.29) is 6.03 Å². The standard InChI is InChI=1S/C21H22ClN3OS/c1-14-8-9-18(17(22)12-14)24-21(26)23-13-16-15-6-2-3-7-19(15)27-20(16)25-10-4-5-11-25/h4-5,8-12H,2-3,6-7,13H2,1H3,(H2,23,24,26). The summed E-state index contributed by atoms with van der Waals surface area (Å²) in [6.07, 6.45) is 8.82. The van der Waals surface area contributed by atoms with Crippen molar-refractivity contribution in [3.63, 3.8) is 0 Å². The number of urea groups is 1. The lowest BCUT2D eigenvalue weighted by Gasteiger charge is -2.14. The Morgan fingerprint density at radius 1 is 1.22 bits per heavy atom. The van der Waals surface area contributed by atoms with Crippen LogP contribution in [-0.4, -0.2) is 10.6 Å². The zero-order chi connectivity index (χ0) is 18.8. The summed E-state index contributed by atoms with van der Waals surface area (Å²) in [6, 6.07) is 9.42. The Morgan fingerprint density at radius 3 is 2.78 bits per heavy atom. The molecule has 4 nitrogen and oxygen atoms in total. The quantitative estimate of drug-likeness (QED) is 0.580. The average Bonchev–Trinajstić information content (AvgIpc) is 3.30. The van der Waals surface area contributed by atoms with Crippen LogP contribution in [0, 0.1) is 6.92 Å². The van der Waals surface area contributed by atoms with E-state index in [1.807, 2.05) is 48.6 Å². The summed E-state index contributed by atoms with van der Waals surface area (Å²) in [5.41, 5.74) is 4.34. The van der Waals surface area contributed by atoms with Gasteiger partial charge in [-0.2, -0.15) is 0 Å². The first-order valence-corrected chi connectivity index (χ1v) is 10.4. The summed E-state index contributed by atoms with van der Waals surface area (Å²) < 4.78 is 2.15. The largest absolute Gasteiger partial charge is 0.334 e. The van der Waals surface area contributed by atoms with Crippen LogP contribution >= 0.6 is 22.9 Å². The normalized spacial score (nSPS) is 13.3. The van der Waals surface area contributed by atoms with Crippen molar-refractivity contribution in [3.8, 4) is 5.00 Å². The van der Waals surface area contributed by atoms with Crippen molar-refractivity contribution in [2.75, 3.05) is 5.32 Å². The van der Waals surface area contributed by atoms with Crippen molar-refractivity contribution in [3.05, 3.63) is 69.3 Å². The molecule has 4 rings (SSSR count). The maximum atomic E-state index is 12.4. The van der Waals surface area contributed by atoms with Gasteiger partial charge in [-0.25, -0.2) is 4.79 Å². The van der Waals surface area contributed by atoms with E-state index < -0.39 is 0 Å². The van der Waals surface area contributed by atoms with Gasteiger partial charge in [0.2, 0.25) is 0 Å². The van der Waals surface area contributed by atoms with Gasteiger partial charge in [-0.15, -0.1) is 11.3 Å². The van der Waals surface area contributed by atoms with Gasteiger partial charge < -0.3 is 15.2 Å². The van der Waals surface area contributed by atoms with Crippen molar-refractivity contribution in [1.29, 1.82) is 0 Å². The highest BCUT2D eigenvalue weighted by atomic mass is 35.5. The van der Waals surface area contributed by atoms with Crippen LogP contribution in [0.15, 0.2) is 42.7 Å². The number of hydrogen-bond donors (Lipinski definition) is 2. The van der Waals surface area contributed by atoms with Crippen LogP contribution < -0.4 is 10.6 Å². The summed E-state index contributed by atoms with van der Waals surface area (Å²) >= 11 is 8.07. The van der Waals surface area contributed by atoms with Crippen LogP contribution in [0.4, 0.5) is 10.5 Å². The lowest BCUT2D eigenvalue weighted by molar-refractivity contribution is 0.251. The van der Waals surface area contributed by atoms with Crippen LogP contribution in [0.3, 0.4) is 0 Å². The maximum Gasteiger partial charge on any atom is 0.319 e. The molecule has 0 atom stereocenters. The topological polar surface area (TPSA) is 46.1 Å². The highest BCUT2D eigenvalue weighted by Crippen LogP contribution is 2.36. The number of thiophene rings is 1. The molecule has 0 saturated carbocycles. The lowest BCUT2D eigenvalue weighted by atomic mass is 9.95. The SMILES string of the molecule is Cc1ccc(NC(=O)NCc2c(-n3cccc3)sc3c2CCCC3)c(Cl)c1. The number of hydrogen-bond acceptors (Lipinski definition) is 2. The molecule has 1 aliphatic rings. The first-order valence-electron chi connectivity index (χ1n) is 9.19. The number of benzene rings is 1. The average molecular weight is 400 g/mol. The Labute approximate surface area is 168 Å². The van der Waals surface area contributed by atoms with E-state index in [0.717, 1.165) is 18.4 Å². The fraction of sp³-hybridized carbons (Fsp3) is 0.286. The molecule has 3 aromatic rings. The van der Waals surface area contributed by atoms with E-state index in [2.05, 4.69) is 27.6 Å². The molecule has 2 aromatic heterocycles. The van der Waals surface area contributed by atoms with E-state index in [9.17, 15) is 4.79 Å². The van der Waals surface area contributed by atoms with Gasteiger partial charge in [0, 0.05) is 29.4 Å². The number of carbonyl (C=O) groups is 1. The fourth-order valence-corrected chi connectivity index (χ4v) is 5.19. The predicted molar refractivity (Wildman–Crippen MR) is 112 cm³/mol. The van der Waals surface area contributed by atoms with Crippen molar-refractivity contribution in [1.82, 2.24) is 9.88 Å². The molecule has 1 aromatic carbocycles. The molecule has 1 aliphatic carbocycles. The molecule has 2 N–H and O–H groups in total. The Hall–Kier alpha value is -2.24. The summed E-state index contributed by atoms with van der Waals surface area (Å²) in [7, 11) is 0. The monoisotopic (exact) mass is 399 g/mol. The predicted octanol–water partition coefficient (Wildman–Crippen LogP) is 5.70. The Bertz CT molecular complexity index is 962. The molecule has 0 aliphatic heterocycles. The number of rotatable bonds is 4. The van der Waals surface area contributed by atoms with Crippen molar-refractivity contribution >= 4 is 34.7 Å². The minimum atomic E-state index is -0.241. The second-order valence-corrected chi connectivity index (χ2v) is 8.37. The van der Waals surface area contributed by atoms with Crippen LogP contribution in [-0.2, 0) is 19.4 Å². The molecule has 140 valence electrons. The molecule has 2 heterocycles. The van der Waals surface area contributed by atoms with Gasteiger partial charge in [-0.05, 0) is 68.0 Å². The molecular weight excluding hydrogens is 378 g/mol. The number of amides is 2. The third kappa shape index (κ3) is 3.89. The van der Waals surface area contributed by atoms with E-state index >= 15 is 0 Å². The van der Waals surface area contributed by atoms with Crippen LogP contribution in [0.5, 0.6) is 0 Å². The molecule has 0 saturated heterocycles. The second-order valence-electron chi connectivity index (χ2n) is 6.88. The zero-order valence-corrected chi connectivity index (χ0v) is 16.8. The van der Waals surface area contributed by atoms with E-state index in [1.165, 1.54) is 33.8 Å². The minimum absolute atomic E-state index is 0.241. The number of nitrogens with one attached hydrogen (secondary N) is 2. The molecule has 0 fully saturated rings. The number of aryl methyl sites for hydroxylation is 2. The fourth-order valence-electron chi connectivity index (χ4n) is 3.53. The summed E-state index contributed by atoms with van der Waals surface area (Å²) in [5, 5.41) is 7.62. The molecular formula is C21H22ClN3OS. The molecule has 0 radical (unpaired) electrons. The van der Waals surface area contributed by atoms with E-state index in [0.29, 0.717) is 17.3 Å². The van der Waals surface area contributed by atoms with Crippen LogP contribution in [0.25, 0.3) is 5.00 Å². The van der Waals surface area contributed by atoms with Gasteiger partial charge in [0.1, 0.15) is 5.00 Å². The summed E-state index contributed by atoms with van der Waals surface area (Å²) in [5.74, 6) is 0. The van der Waals surface area contributed by atoms with E-state index in [4.69, 9.17) is 11.6 Å². The molecule has 0 bridgehead atoms. The number of anilines is 1. The van der Waals surface area contributed by atoms with E-state index in [1.54, 1.807) is 0 Å². The molecule has 27 heavy (non-hydrogen) atoms. The van der Waals surface area contributed by atoms with Gasteiger partial charge in [0.15, 0.2) is 0 Å². The zero-order valence-electron chi connectivity index (χ0n) is 15.2. The second kappa shape index (κ2) is 7.79. The van der Waals surface area contributed by atoms with Crippen LogP contribution in [0.2, 0.25) is 5.02 Å². The number of fused-ring (bicyclic) bond motifs is 1. The van der Waals surface area contributed by atoms with Crippen LogP contribution in [0.1, 0.15) is 34.4 Å². The Kier molecular flexibility index (Phi) is 5.23. The number of aromatic nitrogens is 1. The molecule has 0 unspecified atom stereocenters. The lowest BCUT2D eigenvalue weighted by Crippen LogP contribution is -2.29. The van der Waals surface area contributed by atoms with Crippen molar-refractivity contribution in [2.24, 2.45) is 0 Å². The van der Waals surface area contributed by atoms with Crippen molar-refractivity contribution < 1.29 is 4.79 Å². The molecule has 2 amide bonds. The number of carbonyl (C=O) groups excluding carboxylic acids is 1. The number of nitrogens with zero attached hydrogens (tertiary/aromatic N) is 1. The Balaban J connectivity index is 1.52. The smallest absolute Gasteiger partial charge is 0.319 e. The third-order valence-corrected chi connectivity index (χ3v) is 6.56. The van der Waals surface area contributed by atoms with Gasteiger partial charge in [0.25, 0.3) is 0 Å². The first kappa shape index (κ1) is 18.1. The summed E-state index contributed by atoms with van der Waals surface area (Å²) in [6.45, 7) is 2.48. The van der Waals surface area contributed by atoms with Gasteiger partial charge in [0.05, 0.1) is 10.7 Å². The van der Waals surface area contributed by atoms with Gasteiger partial charge in [-0.1, -0.05) is 17.7 Å². The minimum Gasteiger partial charge on any atom is -0.334 e. The highest BCUT2D eigenvalue weighted by Gasteiger charge is 2.21. The molecule has 6 heteroatoms. The maximum absolute atomic E-state index is 12.4.